The van der Waals surface area contributed by atoms with Crippen molar-refractivity contribution < 1.29 is 4.74 Å². The maximum Gasteiger partial charge on any atom is 0.120 e. The molecular weight excluding hydrogens is 166 g/mol. The van der Waals surface area contributed by atoms with Gasteiger partial charge < -0.3 is 15.8 Å². The summed E-state index contributed by atoms with van der Waals surface area (Å²) in [7, 11) is 1.56. The molecule has 68 valence electrons. The van der Waals surface area contributed by atoms with Crippen LogP contribution in [0.4, 0.5) is 5.69 Å². The van der Waals surface area contributed by atoms with Gasteiger partial charge in [0.05, 0.1) is 25.0 Å². The first-order valence-corrected chi connectivity index (χ1v) is 3.84. The van der Waals surface area contributed by atoms with Crippen molar-refractivity contribution in [2.75, 3.05) is 19.1 Å². The van der Waals surface area contributed by atoms with Gasteiger partial charge in [0.15, 0.2) is 0 Å². The summed E-state index contributed by atoms with van der Waals surface area (Å²) in [5, 5.41) is 11.7. The highest BCUT2D eigenvalue weighted by molar-refractivity contribution is 5.59. The molecule has 1 aromatic carbocycles. The first-order valence-electron chi connectivity index (χ1n) is 3.84. The summed E-state index contributed by atoms with van der Waals surface area (Å²) in [5.41, 5.74) is 6.56. The maximum absolute atomic E-state index is 8.78. The molecule has 0 atom stereocenters. The van der Waals surface area contributed by atoms with Crippen LogP contribution in [0.3, 0.4) is 0 Å². The molecule has 4 nitrogen and oxygen atoms in total. The number of nitrogens with zero attached hydrogens (tertiary/aromatic N) is 1. The first kappa shape index (κ1) is 9.36. The van der Waals surface area contributed by atoms with Crippen molar-refractivity contribution in [2.24, 2.45) is 5.73 Å². The fourth-order valence-corrected chi connectivity index (χ4v) is 1.01. The average molecular weight is 177 g/mol. The van der Waals surface area contributed by atoms with Gasteiger partial charge in [-0.25, -0.2) is 0 Å². The topological polar surface area (TPSA) is 71.1 Å². The van der Waals surface area contributed by atoms with Crippen LogP contribution in [-0.4, -0.2) is 13.8 Å². The van der Waals surface area contributed by atoms with Crippen molar-refractivity contribution in [3.05, 3.63) is 23.8 Å². The van der Waals surface area contributed by atoms with Crippen LogP contribution in [-0.2, 0) is 0 Å². The van der Waals surface area contributed by atoms with Crippen LogP contribution in [0.2, 0.25) is 0 Å². The summed E-state index contributed by atoms with van der Waals surface area (Å²) in [6, 6.07) is 7.27. The lowest BCUT2D eigenvalue weighted by molar-refractivity contribution is 0.414. The molecule has 0 heterocycles. The van der Waals surface area contributed by atoms with E-state index in [1.807, 2.05) is 0 Å². The zero-order valence-electron chi connectivity index (χ0n) is 7.37. The Morgan fingerprint density at radius 2 is 2.38 bits per heavy atom. The van der Waals surface area contributed by atoms with E-state index in [1.54, 1.807) is 25.3 Å². The molecule has 4 heteroatoms. The molecular formula is C9H11N3O. The quantitative estimate of drug-likeness (QED) is 0.673. The van der Waals surface area contributed by atoms with Crippen LogP contribution >= 0.6 is 0 Å². The van der Waals surface area contributed by atoms with Crippen LogP contribution < -0.4 is 15.8 Å². The number of hydrogen-bond donors (Lipinski definition) is 2. The number of ether oxygens (including phenoxy) is 1. The zero-order valence-corrected chi connectivity index (χ0v) is 7.37. The molecule has 0 aliphatic carbocycles. The molecule has 0 amide bonds. The Morgan fingerprint density at radius 3 is 2.92 bits per heavy atom. The van der Waals surface area contributed by atoms with Gasteiger partial charge >= 0.3 is 0 Å². The van der Waals surface area contributed by atoms with E-state index in [9.17, 15) is 0 Å². The Kier molecular flexibility index (Phi) is 3.12. The van der Waals surface area contributed by atoms with E-state index in [0.717, 1.165) is 5.69 Å². The van der Waals surface area contributed by atoms with Crippen LogP contribution in [0.5, 0.6) is 5.75 Å². The molecule has 0 saturated heterocycles. The van der Waals surface area contributed by atoms with Gasteiger partial charge in [0.1, 0.15) is 11.8 Å². The predicted octanol–water partition coefficient (Wildman–Crippen LogP) is 0.895. The van der Waals surface area contributed by atoms with Gasteiger partial charge in [0.2, 0.25) is 0 Å². The van der Waals surface area contributed by atoms with Gasteiger partial charge in [-0.1, -0.05) is 0 Å². The molecule has 1 aromatic rings. The fraction of sp³-hybridized carbons (Fsp3) is 0.222. The Hall–Kier alpha value is -1.73. The Balaban J connectivity index is 3.02. The second kappa shape index (κ2) is 4.33. The summed E-state index contributed by atoms with van der Waals surface area (Å²) in [6.45, 7) is 0.307. The van der Waals surface area contributed by atoms with Crippen molar-refractivity contribution in [1.29, 1.82) is 5.26 Å². The standard InChI is InChI=1S/C9H11N3O/c1-13-8-2-3-9(12-6-11)7(4-8)5-10/h2-4,12H,6,11H2,1H3. The Morgan fingerprint density at radius 1 is 1.62 bits per heavy atom. The number of anilines is 1. The number of methoxy groups -OCH3 is 1. The van der Waals surface area contributed by atoms with Crippen molar-refractivity contribution in [2.45, 2.75) is 0 Å². The zero-order chi connectivity index (χ0) is 9.68. The van der Waals surface area contributed by atoms with Crippen molar-refractivity contribution in [1.82, 2.24) is 0 Å². The summed E-state index contributed by atoms with van der Waals surface area (Å²) in [4.78, 5) is 0. The first-order chi connectivity index (χ1) is 6.31. The van der Waals surface area contributed by atoms with E-state index in [4.69, 9.17) is 15.7 Å². The number of hydrogen-bond acceptors (Lipinski definition) is 4. The number of nitriles is 1. The van der Waals surface area contributed by atoms with E-state index in [2.05, 4.69) is 11.4 Å². The minimum Gasteiger partial charge on any atom is -0.497 e. The van der Waals surface area contributed by atoms with E-state index >= 15 is 0 Å². The highest BCUT2D eigenvalue weighted by Crippen LogP contribution is 2.20. The highest BCUT2D eigenvalue weighted by Gasteiger charge is 2.01. The Labute approximate surface area is 76.9 Å². The monoisotopic (exact) mass is 177 g/mol. The third-order valence-electron chi connectivity index (χ3n) is 1.64. The summed E-state index contributed by atoms with van der Waals surface area (Å²) < 4.78 is 4.98. The molecule has 0 fully saturated rings. The van der Waals surface area contributed by atoms with Crippen LogP contribution in [0, 0.1) is 11.3 Å². The molecule has 0 saturated carbocycles. The van der Waals surface area contributed by atoms with E-state index in [0.29, 0.717) is 18.0 Å². The number of rotatable bonds is 3. The summed E-state index contributed by atoms with van der Waals surface area (Å²) >= 11 is 0. The smallest absolute Gasteiger partial charge is 0.120 e. The molecule has 1 rings (SSSR count). The molecule has 0 bridgehead atoms. The molecule has 0 aliphatic rings. The molecule has 13 heavy (non-hydrogen) atoms. The molecule has 0 aliphatic heterocycles. The highest BCUT2D eigenvalue weighted by atomic mass is 16.5. The number of benzene rings is 1. The van der Waals surface area contributed by atoms with Gasteiger partial charge in [0, 0.05) is 0 Å². The van der Waals surface area contributed by atoms with Crippen LogP contribution in [0.15, 0.2) is 18.2 Å². The maximum atomic E-state index is 8.78. The van der Waals surface area contributed by atoms with Crippen LogP contribution in [0.25, 0.3) is 0 Å². The minimum absolute atomic E-state index is 0.307. The van der Waals surface area contributed by atoms with Crippen molar-refractivity contribution >= 4 is 5.69 Å². The minimum atomic E-state index is 0.307. The van der Waals surface area contributed by atoms with Gasteiger partial charge in [0.25, 0.3) is 0 Å². The lowest BCUT2D eigenvalue weighted by Crippen LogP contribution is -2.11. The number of nitrogens with two attached hydrogens (primary N) is 1. The SMILES string of the molecule is COc1ccc(NCN)c(C#N)c1. The van der Waals surface area contributed by atoms with Gasteiger partial charge in [-0.2, -0.15) is 5.26 Å². The van der Waals surface area contributed by atoms with Crippen molar-refractivity contribution in [3.8, 4) is 11.8 Å². The molecule has 0 radical (unpaired) electrons. The number of nitrogens with one attached hydrogen (secondary N) is 1. The Bertz CT molecular complexity index is 330. The molecule has 0 unspecified atom stereocenters. The lowest BCUT2D eigenvalue weighted by Gasteiger charge is -2.06. The summed E-state index contributed by atoms with van der Waals surface area (Å²) in [6.07, 6.45) is 0. The molecule has 3 N–H and O–H groups in total. The third kappa shape index (κ3) is 2.10. The second-order valence-corrected chi connectivity index (χ2v) is 2.40. The third-order valence-corrected chi connectivity index (χ3v) is 1.64. The second-order valence-electron chi connectivity index (χ2n) is 2.40. The van der Waals surface area contributed by atoms with Gasteiger partial charge in [-0.15, -0.1) is 0 Å². The van der Waals surface area contributed by atoms with E-state index < -0.39 is 0 Å². The largest absolute Gasteiger partial charge is 0.497 e. The van der Waals surface area contributed by atoms with Crippen LogP contribution in [0.1, 0.15) is 5.56 Å². The average Bonchev–Trinajstić information content (AvgIpc) is 2.19. The predicted molar refractivity (Wildman–Crippen MR) is 50.4 cm³/mol. The van der Waals surface area contributed by atoms with E-state index in [1.165, 1.54) is 0 Å². The van der Waals surface area contributed by atoms with Gasteiger partial charge in [-0.3, -0.25) is 0 Å². The molecule has 0 spiro atoms. The fourth-order valence-electron chi connectivity index (χ4n) is 1.01. The van der Waals surface area contributed by atoms with E-state index in [-0.39, 0.29) is 0 Å². The molecule has 0 aromatic heterocycles. The lowest BCUT2D eigenvalue weighted by atomic mass is 10.2. The van der Waals surface area contributed by atoms with Crippen molar-refractivity contribution in [3.63, 3.8) is 0 Å². The normalized spacial score (nSPS) is 9.00. The summed E-state index contributed by atoms with van der Waals surface area (Å²) in [5.74, 6) is 0.666. The van der Waals surface area contributed by atoms with Gasteiger partial charge in [-0.05, 0) is 18.2 Å².